The molecular formula is C12H24N2O5S. The van der Waals surface area contributed by atoms with Crippen LogP contribution in [-0.4, -0.2) is 57.1 Å². The second-order valence-corrected chi connectivity index (χ2v) is 6.74. The average molecular weight is 308 g/mol. The molecule has 0 amide bonds. The predicted molar refractivity (Wildman–Crippen MR) is 74.6 cm³/mol. The second-order valence-electron chi connectivity index (χ2n) is 4.99. The van der Waals surface area contributed by atoms with Gasteiger partial charge in [-0.2, -0.15) is 12.7 Å². The fourth-order valence-corrected chi connectivity index (χ4v) is 3.53. The number of hydrogen-bond acceptors (Lipinski definition) is 4. The van der Waals surface area contributed by atoms with Gasteiger partial charge in [-0.15, -0.1) is 0 Å². The molecule has 0 radical (unpaired) electrons. The first-order chi connectivity index (χ1) is 9.47. The molecule has 1 rings (SSSR count). The van der Waals surface area contributed by atoms with Crippen LogP contribution in [0.4, 0.5) is 0 Å². The Morgan fingerprint density at radius 3 is 2.80 bits per heavy atom. The Bertz CT molecular complexity index is 399. The summed E-state index contributed by atoms with van der Waals surface area (Å²) < 4.78 is 32.8. The van der Waals surface area contributed by atoms with Crippen LogP contribution in [0.5, 0.6) is 0 Å². The first kappa shape index (κ1) is 17.4. The molecule has 0 aromatic heterocycles. The lowest BCUT2D eigenvalue weighted by atomic mass is 10.0. The lowest BCUT2D eigenvalue weighted by Crippen LogP contribution is -2.47. The molecule has 1 atom stereocenters. The highest BCUT2D eigenvalue weighted by Gasteiger charge is 2.31. The Hall–Kier alpha value is -0.700. The van der Waals surface area contributed by atoms with Gasteiger partial charge in [-0.05, 0) is 32.1 Å². The number of unbranched alkanes of at least 4 members (excludes halogenated alkanes) is 2. The molecule has 20 heavy (non-hydrogen) atoms. The zero-order valence-electron chi connectivity index (χ0n) is 11.9. The quantitative estimate of drug-likeness (QED) is 0.602. The molecule has 0 bridgehead atoms. The number of methoxy groups -OCH3 is 1. The Morgan fingerprint density at radius 1 is 1.40 bits per heavy atom. The first-order valence-electron chi connectivity index (χ1n) is 6.94. The van der Waals surface area contributed by atoms with E-state index in [0.717, 1.165) is 19.3 Å². The summed E-state index contributed by atoms with van der Waals surface area (Å²) in [4.78, 5) is 10.9. The smallest absolute Gasteiger partial charge is 0.307 e. The van der Waals surface area contributed by atoms with Crippen molar-refractivity contribution in [1.29, 1.82) is 0 Å². The number of nitrogens with zero attached hydrogens (tertiary/aromatic N) is 1. The van der Waals surface area contributed by atoms with Crippen molar-refractivity contribution >= 4 is 16.2 Å². The first-order valence-corrected chi connectivity index (χ1v) is 8.38. The van der Waals surface area contributed by atoms with Crippen molar-refractivity contribution in [3.63, 3.8) is 0 Å². The summed E-state index contributed by atoms with van der Waals surface area (Å²) in [6.45, 7) is 1.51. The second kappa shape index (κ2) is 8.56. The summed E-state index contributed by atoms with van der Waals surface area (Å²) in [6.07, 6.45) is 3.68. The predicted octanol–water partition coefficient (Wildman–Crippen LogP) is 0.434. The molecule has 0 aromatic carbocycles. The highest BCUT2D eigenvalue weighted by molar-refractivity contribution is 7.87. The number of aliphatic carboxylic acids is 1. The van der Waals surface area contributed by atoms with Crippen LogP contribution >= 0.6 is 0 Å². The van der Waals surface area contributed by atoms with Gasteiger partial charge in [0.25, 0.3) is 10.2 Å². The number of hydrogen-bond donors (Lipinski definition) is 2. The topological polar surface area (TPSA) is 95.9 Å². The molecule has 0 aliphatic carbocycles. The summed E-state index contributed by atoms with van der Waals surface area (Å²) in [7, 11) is -1.92. The summed E-state index contributed by atoms with van der Waals surface area (Å²) in [5.41, 5.74) is 0. The molecule has 7 nitrogen and oxygen atoms in total. The average Bonchev–Trinajstić information content (AvgIpc) is 2.43. The molecule has 1 aliphatic rings. The minimum atomic E-state index is -3.55. The molecule has 1 heterocycles. The molecule has 1 aliphatic heterocycles. The lowest BCUT2D eigenvalue weighted by molar-refractivity contribution is -0.142. The van der Waals surface area contributed by atoms with Gasteiger partial charge in [0.15, 0.2) is 0 Å². The third-order valence-corrected chi connectivity index (χ3v) is 4.96. The number of carboxylic acids is 1. The fraction of sp³-hybridized carbons (Fsp3) is 0.917. The van der Waals surface area contributed by atoms with Gasteiger partial charge < -0.3 is 9.84 Å². The van der Waals surface area contributed by atoms with Gasteiger partial charge in [-0.25, -0.2) is 4.72 Å². The van der Waals surface area contributed by atoms with E-state index in [4.69, 9.17) is 9.84 Å². The van der Waals surface area contributed by atoms with E-state index in [1.807, 2.05) is 0 Å². The van der Waals surface area contributed by atoms with Crippen LogP contribution in [-0.2, 0) is 19.7 Å². The van der Waals surface area contributed by atoms with Gasteiger partial charge in [0.05, 0.1) is 5.92 Å². The zero-order chi connectivity index (χ0) is 15.0. The van der Waals surface area contributed by atoms with Crippen molar-refractivity contribution in [2.24, 2.45) is 5.92 Å². The minimum absolute atomic E-state index is 0.0638. The highest BCUT2D eigenvalue weighted by Crippen LogP contribution is 2.18. The maximum atomic E-state index is 12.0. The van der Waals surface area contributed by atoms with Gasteiger partial charge in [0, 0.05) is 33.4 Å². The van der Waals surface area contributed by atoms with E-state index in [1.165, 1.54) is 4.31 Å². The van der Waals surface area contributed by atoms with Gasteiger partial charge in [-0.1, -0.05) is 0 Å². The molecule has 2 N–H and O–H groups in total. The van der Waals surface area contributed by atoms with Crippen molar-refractivity contribution in [3.05, 3.63) is 0 Å². The van der Waals surface area contributed by atoms with Crippen LogP contribution in [0.2, 0.25) is 0 Å². The van der Waals surface area contributed by atoms with E-state index in [9.17, 15) is 13.2 Å². The van der Waals surface area contributed by atoms with Crippen molar-refractivity contribution in [3.8, 4) is 0 Å². The van der Waals surface area contributed by atoms with Crippen LogP contribution in [0.1, 0.15) is 32.1 Å². The van der Waals surface area contributed by atoms with Crippen molar-refractivity contribution in [2.75, 3.05) is 33.4 Å². The van der Waals surface area contributed by atoms with Gasteiger partial charge in [0.2, 0.25) is 0 Å². The summed E-state index contributed by atoms with van der Waals surface area (Å²) >= 11 is 0. The third-order valence-electron chi connectivity index (χ3n) is 3.38. The van der Waals surface area contributed by atoms with Crippen LogP contribution in [0.3, 0.4) is 0 Å². The summed E-state index contributed by atoms with van der Waals surface area (Å²) in [6, 6.07) is 0. The third kappa shape index (κ3) is 5.74. The molecule has 1 unspecified atom stereocenters. The van der Waals surface area contributed by atoms with E-state index in [1.54, 1.807) is 7.11 Å². The molecule has 118 valence electrons. The van der Waals surface area contributed by atoms with E-state index in [0.29, 0.717) is 32.5 Å². The number of piperidine rings is 1. The van der Waals surface area contributed by atoms with Gasteiger partial charge in [-0.3, -0.25) is 4.79 Å². The Balaban J connectivity index is 2.34. The van der Waals surface area contributed by atoms with Crippen LogP contribution in [0.25, 0.3) is 0 Å². The largest absolute Gasteiger partial charge is 0.481 e. The number of rotatable bonds is 9. The van der Waals surface area contributed by atoms with Crippen molar-refractivity contribution in [1.82, 2.24) is 9.03 Å². The lowest BCUT2D eigenvalue weighted by Gasteiger charge is -2.29. The molecule has 0 aromatic rings. The molecule has 1 fully saturated rings. The maximum absolute atomic E-state index is 12.0. The van der Waals surface area contributed by atoms with E-state index >= 15 is 0 Å². The zero-order valence-corrected chi connectivity index (χ0v) is 12.7. The Labute approximate surface area is 120 Å². The van der Waals surface area contributed by atoms with E-state index in [2.05, 4.69) is 4.72 Å². The number of carboxylic acid groups (broad SMARTS) is 1. The molecule has 8 heteroatoms. The summed E-state index contributed by atoms with van der Waals surface area (Å²) in [5.74, 6) is -1.52. The molecular weight excluding hydrogens is 284 g/mol. The standard InChI is InChI=1S/C12H24N2O5S/c1-19-9-4-2-3-7-13-20(17,18)14-8-5-6-11(10-14)12(15)16/h11,13H,2-10H2,1H3,(H,15,16). The van der Waals surface area contributed by atoms with Crippen LogP contribution in [0, 0.1) is 5.92 Å². The van der Waals surface area contributed by atoms with Crippen molar-refractivity contribution < 1.29 is 23.1 Å². The summed E-state index contributed by atoms with van der Waals surface area (Å²) in [5, 5.41) is 8.96. The van der Waals surface area contributed by atoms with Crippen molar-refractivity contribution in [2.45, 2.75) is 32.1 Å². The molecule has 0 spiro atoms. The van der Waals surface area contributed by atoms with Gasteiger partial charge >= 0.3 is 5.97 Å². The van der Waals surface area contributed by atoms with E-state index < -0.39 is 22.1 Å². The number of ether oxygens (including phenoxy) is 1. The van der Waals surface area contributed by atoms with Crippen LogP contribution < -0.4 is 4.72 Å². The fourth-order valence-electron chi connectivity index (χ4n) is 2.20. The Kier molecular flexibility index (Phi) is 7.42. The van der Waals surface area contributed by atoms with Gasteiger partial charge in [0.1, 0.15) is 0 Å². The monoisotopic (exact) mass is 308 g/mol. The minimum Gasteiger partial charge on any atom is -0.481 e. The normalized spacial score (nSPS) is 20.9. The number of carbonyl (C=O) groups is 1. The molecule has 1 saturated heterocycles. The molecule has 0 saturated carbocycles. The highest BCUT2D eigenvalue weighted by atomic mass is 32.2. The van der Waals surface area contributed by atoms with E-state index in [-0.39, 0.29) is 6.54 Å². The SMILES string of the molecule is COCCCCCNS(=O)(=O)N1CCCC(C(=O)O)C1. The van der Waals surface area contributed by atoms with Crippen LogP contribution in [0.15, 0.2) is 0 Å². The maximum Gasteiger partial charge on any atom is 0.307 e. The Morgan fingerprint density at radius 2 is 2.15 bits per heavy atom. The number of nitrogens with one attached hydrogen (secondary N) is 1.